The second-order valence-corrected chi connectivity index (χ2v) is 4.20. The second-order valence-electron chi connectivity index (χ2n) is 4.20. The van der Waals surface area contributed by atoms with Gasteiger partial charge in [0.1, 0.15) is 6.61 Å². The van der Waals surface area contributed by atoms with Crippen LogP contribution in [0.5, 0.6) is 0 Å². The summed E-state index contributed by atoms with van der Waals surface area (Å²) in [6.45, 7) is 3.42. The van der Waals surface area contributed by atoms with Crippen molar-refractivity contribution in [3.05, 3.63) is 29.3 Å². The summed E-state index contributed by atoms with van der Waals surface area (Å²) in [6, 6.07) is 5.49. The summed E-state index contributed by atoms with van der Waals surface area (Å²) in [7, 11) is 0. The molecule has 4 heteroatoms. The highest BCUT2D eigenvalue weighted by molar-refractivity contribution is 5.87. The van der Waals surface area contributed by atoms with Crippen molar-refractivity contribution in [1.82, 2.24) is 5.32 Å². The Bertz CT molecular complexity index is 418. The average Bonchev–Trinajstić information content (AvgIpc) is 2.34. The van der Waals surface area contributed by atoms with Crippen LogP contribution in [0.1, 0.15) is 24.1 Å². The Morgan fingerprint density at radius 1 is 1.59 bits per heavy atom. The van der Waals surface area contributed by atoms with Gasteiger partial charge in [0.05, 0.1) is 6.04 Å². The minimum Gasteiger partial charge on any atom is -0.399 e. The first kappa shape index (κ1) is 12.1. The number of carbonyl (C=O) groups excluding carboxylic acids is 1. The molecule has 1 aliphatic rings. The van der Waals surface area contributed by atoms with Crippen molar-refractivity contribution in [1.29, 1.82) is 0 Å². The smallest absolute Gasteiger partial charge is 0.179 e. The Morgan fingerprint density at radius 2 is 2.41 bits per heavy atom. The molecule has 1 aliphatic heterocycles. The number of anilines is 1. The summed E-state index contributed by atoms with van der Waals surface area (Å²) in [4.78, 5) is 12.0. The molecule has 3 N–H and O–H groups in total. The molecule has 0 aromatic heterocycles. The van der Waals surface area contributed by atoms with Crippen LogP contribution < -0.4 is 11.1 Å². The molecule has 4 nitrogen and oxygen atoms in total. The largest absolute Gasteiger partial charge is 0.399 e. The third-order valence-electron chi connectivity index (χ3n) is 2.99. The summed E-state index contributed by atoms with van der Waals surface area (Å²) >= 11 is 0. The van der Waals surface area contributed by atoms with E-state index >= 15 is 0 Å². The third-order valence-corrected chi connectivity index (χ3v) is 2.99. The van der Waals surface area contributed by atoms with Crippen LogP contribution in [0.4, 0.5) is 5.69 Å². The minimum absolute atomic E-state index is 0.0811. The van der Waals surface area contributed by atoms with Crippen LogP contribution in [0.3, 0.4) is 0 Å². The van der Waals surface area contributed by atoms with E-state index in [4.69, 9.17) is 10.5 Å². The van der Waals surface area contributed by atoms with Gasteiger partial charge < -0.3 is 15.8 Å². The van der Waals surface area contributed by atoms with Crippen LogP contribution in [-0.4, -0.2) is 25.5 Å². The first-order valence-corrected chi connectivity index (χ1v) is 5.94. The SMILES string of the molecule is CCOCC(=O)C1NCCc2cc(N)ccc21. The Balaban J connectivity index is 2.19. The molecule has 2 rings (SSSR count). The molecule has 0 bridgehead atoms. The number of ketones is 1. The topological polar surface area (TPSA) is 64.3 Å². The summed E-state index contributed by atoms with van der Waals surface area (Å²) in [5.74, 6) is 0.0811. The normalized spacial score (nSPS) is 18.8. The molecule has 0 spiro atoms. The molecule has 1 aromatic carbocycles. The molecule has 1 aromatic rings. The number of carbonyl (C=O) groups is 1. The van der Waals surface area contributed by atoms with Gasteiger partial charge in [-0.1, -0.05) is 6.07 Å². The van der Waals surface area contributed by atoms with E-state index in [1.165, 1.54) is 5.56 Å². The lowest BCUT2D eigenvalue weighted by molar-refractivity contribution is -0.125. The fourth-order valence-electron chi connectivity index (χ4n) is 2.16. The number of hydrogen-bond acceptors (Lipinski definition) is 4. The average molecular weight is 234 g/mol. The van der Waals surface area contributed by atoms with E-state index in [0.717, 1.165) is 24.2 Å². The molecule has 0 amide bonds. The number of nitrogens with one attached hydrogen (secondary N) is 1. The number of rotatable bonds is 4. The predicted octanol–water partition coefficient (Wildman–Crippen LogP) is 1.06. The van der Waals surface area contributed by atoms with E-state index in [1.54, 1.807) is 0 Å². The molecular weight excluding hydrogens is 216 g/mol. The summed E-state index contributed by atoms with van der Waals surface area (Å²) in [5.41, 5.74) is 8.71. The Labute approximate surface area is 101 Å². The van der Waals surface area contributed by atoms with Crippen molar-refractivity contribution in [2.45, 2.75) is 19.4 Å². The van der Waals surface area contributed by atoms with Gasteiger partial charge in [-0.25, -0.2) is 0 Å². The number of ether oxygens (including phenoxy) is 1. The molecule has 92 valence electrons. The van der Waals surface area contributed by atoms with E-state index in [0.29, 0.717) is 6.61 Å². The zero-order chi connectivity index (χ0) is 12.3. The lowest BCUT2D eigenvalue weighted by atomic mass is 9.91. The van der Waals surface area contributed by atoms with Crippen LogP contribution in [0.15, 0.2) is 18.2 Å². The van der Waals surface area contributed by atoms with E-state index in [2.05, 4.69) is 5.32 Å². The molecule has 1 unspecified atom stereocenters. The van der Waals surface area contributed by atoms with Gasteiger partial charge in [0.2, 0.25) is 0 Å². The molecular formula is C13H18N2O2. The minimum atomic E-state index is -0.245. The van der Waals surface area contributed by atoms with Crippen molar-refractivity contribution >= 4 is 11.5 Å². The molecule has 0 aliphatic carbocycles. The molecule has 0 fully saturated rings. The zero-order valence-electron chi connectivity index (χ0n) is 10.0. The molecule has 0 saturated heterocycles. The fourth-order valence-corrected chi connectivity index (χ4v) is 2.16. The van der Waals surface area contributed by atoms with E-state index < -0.39 is 0 Å². The molecule has 0 radical (unpaired) electrons. The molecule has 17 heavy (non-hydrogen) atoms. The summed E-state index contributed by atoms with van der Waals surface area (Å²) in [5, 5.41) is 3.23. The van der Waals surface area contributed by atoms with Gasteiger partial charge >= 0.3 is 0 Å². The summed E-state index contributed by atoms with van der Waals surface area (Å²) in [6.07, 6.45) is 0.915. The lowest BCUT2D eigenvalue weighted by Crippen LogP contribution is -2.36. The van der Waals surface area contributed by atoms with E-state index in [-0.39, 0.29) is 18.4 Å². The second kappa shape index (κ2) is 5.29. The van der Waals surface area contributed by atoms with Crippen molar-refractivity contribution in [3.8, 4) is 0 Å². The Kier molecular flexibility index (Phi) is 3.76. The zero-order valence-corrected chi connectivity index (χ0v) is 10.0. The van der Waals surface area contributed by atoms with Gasteiger partial charge in [0.15, 0.2) is 5.78 Å². The van der Waals surface area contributed by atoms with Crippen molar-refractivity contribution in [2.24, 2.45) is 0 Å². The van der Waals surface area contributed by atoms with Crippen molar-refractivity contribution < 1.29 is 9.53 Å². The number of nitrogens with two attached hydrogens (primary N) is 1. The van der Waals surface area contributed by atoms with Gasteiger partial charge in [-0.2, -0.15) is 0 Å². The number of benzene rings is 1. The maximum atomic E-state index is 12.0. The molecule has 1 heterocycles. The van der Waals surface area contributed by atoms with Crippen LogP contribution in [0.2, 0.25) is 0 Å². The molecule has 1 atom stereocenters. The van der Waals surface area contributed by atoms with Crippen LogP contribution in [0, 0.1) is 0 Å². The van der Waals surface area contributed by atoms with Gasteiger partial charge in [-0.05, 0) is 36.6 Å². The first-order valence-electron chi connectivity index (χ1n) is 5.94. The van der Waals surface area contributed by atoms with Crippen molar-refractivity contribution in [3.63, 3.8) is 0 Å². The first-order chi connectivity index (χ1) is 8.22. The number of nitrogen functional groups attached to an aromatic ring is 1. The van der Waals surface area contributed by atoms with Gasteiger partial charge in [-0.3, -0.25) is 4.79 Å². The van der Waals surface area contributed by atoms with E-state index in [1.807, 2.05) is 25.1 Å². The highest BCUT2D eigenvalue weighted by Crippen LogP contribution is 2.25. The van der Waals surface area contributed by atoms with Gasteiger partial charge in [-0.15, -0.1) is 0 Å². The van der Waals surface area contributed by atoms with Gasteiger partial charge in [0, 0.05) is 18.8 Å². The molecule has 0 saturated carbocycles. The Hall–Kier alpha value is -1.39. The predicted molar refractivity (Wildman–Crippen MR) is 66.8 cm³/mol. The third kappa shape index (κ3) is 2.65. The number of Topliss-reactive ketones (excluding diaryl/α,β-unsaturated/α-hetero) is 1. The standard InChI is InChI=1S/C13H18N2O2/c1-2-17-8-12(16)13-11-4-3-10(14)7-9(11)5-6-15-13/h3-4,7,13,15H,2,5-6,8,14H2,1H3. The quantitative estimate of drug-likeness (QED) is 0.765. The lowest BCUT2D eigenvalue weighted by Gasteiger charge is -2.26. The van der Waals surface area contributed by atoms with Gasteiger partial charge in [0.25, 0.3) is 0 Å². The fraction of sp³-hybridized carbons (Fsp3) is 0.462. The number of fused-ring (bicyclic) bond motifs is 1. The highest BCUT2D eigenvalue weighted by Gasteiger charge is 2.25. The van der Waals surface area contributed by atoms with Crippen LogP contribution in [-0.2, 0) is 16.0 Å². The van der Waals surface area contributed by atoms with E-state index in [9.17, 15) is 4.79 Å². The number of hydrogen-bond donors (Lipinski definition) is 2. The maximum Gasteiger partial charge on any atom is 0.179 e. The monoisotopic (exact) mass is 234 g/mol. The van der Waals surface area contributed by atoms with Crippen LogP contribution in [0.25, 0.3) is 0 Å². The Morgan fingerprint density at radius 3 is 3.18 bits per heavy atom. The van der Waals surface area contributed by atoms with Crippen molar-refractivity contribution in [2.75, 3.05) is 25.5 Å². The summed E-state index contributed by atoms with van der Waals surface area (Å²) < 4.78 is 5.17. The maximum absolute atomic E-state index is 12.0. The van der Waals surface area contributed by atoms with Crippen LogP contribution >= 0.6 is 0 Å². The highest BCUT2D eigenvalue weighted by atomic mass is 16.5.